The van der Waals surface area contributed by atoms with Crippen LogP contribution in [0.1, 0.15) is 24.5 Å². The summed E-state index contributed by atoms with van der Waals surface area (Å²) in [6.07, 6.45) is 5.91. The van der Waals surface area contributed by atoms with E-state index in [9.17, 15) is 0 Å². The number of aryl methyl sites for hydroxylation is 1. The molecule has 0 aliphatic carbocycles. The van der Waals surface area contributed by atoms with Gasteiger partial charge in [-0.15, -0.1) is 10.2 Å². The van der Waals surface area contributed by atoms with Crippen molar-refractivity contribution in [3.63, 3.8) is 0 Å². The zero-order valence-electron chi connectivity index (χ0n) is 13.0. The Bertz CT molecular complexity index is 773. The normalized spacial score (nSPS) is 16.0. The molecule has 1 saturated heterocycles. The van der Waals surface area contributed by atoms with E-state index in [1.807, 2.05) is 36.1 Å². The summed E-state index contributed by atoms with van der Waals surface area (Å²) in [6.45, 7) is 2.01. The van der Waals surface area contributed by atoms with Gasteiger partial charge in [0.1, 0.15) is 5.69 Å². The predicted octanol–water partition coefficient (Wildman–Crippen LogP) is 2.72. The summed E-state index contributed by atoms with van der Waals surface area (Å²) < 4.78 is 1.99. The Morgan fingerprint density at radius 1 is 1.09 bits per heavy atom. The van der Waals surface area contributed by atoms with Crippen LogP contribution in [0.4, 0.5) is 5.13 Å². The molecule has 0 N–H and O–H groups in total. The molecule has 1 fully saturated rings. The Hall–Kier alpha value is -2.28. The Morgan fingerprint density at radius 3 is 2.65 bits per heavy atom. The maximum Gasteiger partial charge on any atom is 0.208 e. The van der Waals surface area contributed by atoms with Gasteiger partial charge in [0.05, 0.1) is 0 Å². The fourth-order valence-electron chi connectivity index (χ4n) is 3.09. The van der Waals surface area contributed by atoms with Crippen molar-refractivity contribution in [3.8, 4) is 10.7 Å². The second-order valence-electron chi connectivity index (χ2n) is 5.75. The van der Waals surface area contributed by atoms with Gasteiger partial charge in [-0.2, -0.15) is 5.10 Å². The van der Waals surface area contributed by atoms with Crippen LogP contribution in [0.25, 0.3) is 10.7 Å². The summed E-state index contributed by atoms with van der Waals surface area (Å²) in [6, 6.07) is 7.99. The van der Waals surface area contributed by atoms with Crippen molar-refractivity contribution >= 4 is 16.5 Å². The standard InChI is InChI=1S/C16H18N6S/c1-21-14(5-9-18-21)12-6-10-22(11-7-12)16-20-19-15(23-16)13-4-2-3-8-17-13/h2-5,8-9,12H,6-7,10-11H2,1H3. The molecule has 0 spiro atoms. The molecule has 23 heavy (non-hydrogen) atoms. The van der Waals surface area contributed by atoms with Crippen molar-refractivity contribution in [2.24, 2.45) is 7.05 Å². The van der Waals surface area contributed by atoms with Gasteiger partial charge in [-0.25, -0.2) is 0 Å². The third-order valence-corrected chi connectivity index (χ3v) is 5.35. The first-order valence-electron chi connectivity index (χ1n) is 7.79. The van der Waals surface area contributed by atoms with E-state index < -0.39 is 0 Å². The van der Waals surface area contributed by atoms with Crippen LogP contribution < -0.4 is 4.90 Å². The van der Waals surface area contributed by atoms with Crippen molar-refractivity contribution in [3.05, 3.63) is 42.4 Å². The topological polar surface area (TPSA) is 59.7 Å². The molecule has 0 unspecified atom stereocenters. The molecule has 1 aliphatic rings. The van der Waals surface area contributed by atoms with Gasteiger partial charge < -0.3 is 4.90 Å². The monoisotopic (exact) mass is 326 g/mol. The summed E-state index contributed by atoms with van der Waals surface area (Å²) in [5.74, 6) is 0.585. The first-order valence-corrected chi connectivity index (χ1v) is 8.60. The van der Waals surface area contributed by atoms with Crippen molar-refractivity contribution in [1.29, 1.82) is 0 Å². The highest BCUT2D eigenvalue weighted by Crippen LogP contribution is 2.33. The van der Waals surface area contributed by atoms with Gasteiger partial charge in [-0.1, -0.05) is 17.4 Å². The van der Waals surface area contributed by atoms with Crippen LogP contribution in [0.2, 0.25) is 0 Å². The molecule has 1 aliphatic heterocycles. The highest BCUT2D eigenvalue weighted by Gasteiger charge is 2.24. The van der Waals surface area contributed by atoms with Gasteiger partial charge >= 0.3 is 0 Å². The van der Waals surface area contributed by atoms with Gasteiger partial charge in [0.15, 0.2) is 5.01 Å². The van der Waals surface area contributed by atoms with Crippen LogP contribution >= 0.6 is 11.3 Å². The molecule has 0 radical (unpaired) electrons. The molecule has 0 amide bonds. The van der Waals surface area contributed by atoms with E-state index in [-0.39, 0.29) is 0 Å². The van der Waals surface area contributed by atoms with Crippen LogP contribution in [0.5, 0.6) is 0 Å². The molecule has 0 bridgehead atoms. The summed E-state index contributed by atoms with van der Waals surface area (Å²) in [5.41, 5.74) is 2.22. The summed E-state index contributed by atoms with van der Waals surface area (Å²) in [7, 11) is 2.02. The first kappa shape index (κ1) is 14.3. The lowest BCUT2D eigenvalue weighted by molar-refractivity contribution is 0.476. The van der Waals surface area contributed by atoms with E-state index in [0.717, 1.165) is 41.8 Å². The van der Waals surface area contributed by atoms with E-state index in [0.29, 0.717) is 5.92 Å². The minimum atomic E-state index is 0.585. The van der Waals surface area contributed by atoms with Gasteiger partial charge in [-0.3, -0.25) is 9.67 Å². The average molecular weight is 326 g/mol. The Kier molecular flexibility index (Phi) is 3.78. The predicted molar refractivity (Wildman–Crippen MR) is 90.5 cm³/mol. The van der Waals surface area contributed by atoms with Crippen molar-refractivity contribution in [2.75, 3.05) is 18.0 Å². The molecule has 3 aromatic rings. The number of hydrogen-bond donors (Lipinski definition) is 0. The molecule has 4 heterocycles. The zero-order valence-corrected chi connectivity index (χ0v) is 13.8. The number of aromatic nitrogens is 5. The third-order valence-electron chi connectivity index (χ3n) is 4.34. The van der Waals surface area contributed by atoms with E-state index in [4.69, 9.17) is 0 Å². The van der Waals surface area contributed by atoms with Gasteiger partial charge in [0, 0.05) is 44.1 Å². The number of hydrogen-bond acceptors (Lipinski definition) is 6. The molecule has 4 rings (SSSR count). The average Bonchev–Trinajstić information content (AvgIpc) is 3.25. The molecule has 0 atom stereocenters. The molecule has 7 heteroatoms. The second-order valence-corrected chi connectivity index (χ2v) is 6.70. The molecule has 0 saturated carbocycles. The summed E-state index contributed by atoms with van der Waals surface area (Å²) in [4.78, 5) is 6.67. The molecule has 6 nitrogen and oxygen atoms in total. The maximum atomic E-state index is 4.36. The number of pyridine rings is 1. The van der Waals surface area contributed by atoms with Gasteiger partial charge in [-0.05, 0) is 31.0 Å². The Morgan fingerprint density at radius 2 is 1.96 bits per heavy atom. The van der Waals surface area contributed by atoms with Crippen LogP contribution in [-0.2, 0) is 7.05 Å². The minimum absolute atomic E-state index is 0.585. The highest BCUT2D eigenvalue weighted by atomic mass is 32.1. The van der Waals surface area contributed by atoms with Crippen LogP contribution in [0.3, 0.4) is 0 Å². The lowest BCUT2D eigenvalue weighted by atomic mass is 9.94. The van der Waals surface area contributed by atoms with E-state index in [1.54, 1.807) is 17.5 Å². The van der Waals surface area contributed by atoms with Crippen LogP contribution in [0.15, 0.2) is 36.7 Å². The lowest BCUT2D eigenvalue weighted by Crippen LogP contribution is -2.33. The van der Waals surface area contributed by atoms with E-state index in [2.05, 4.69) is 31.2 Å². The minimum Gasteiger partial charge on any atom is -0.347 e. The Balaban J connectivity index is 1.45. The molecule has 118 valence electrons. The highest BCUT2D eigenvalue weighted by molar-refractivity contribution is 7.18. The van der Waals surface area contributed by atoms with Crippen LogP contribution in [-0.4, -0.2) is 38.1 Å². The second kappa shape index (κ2) is 6.08. The van der Waals surface area contributed by atoms with E-state index >= 15 is 0 Å². The molecule has 0 aromatic carbocycles. The SMILES string of the molecule is Cn1nccc1C1CCN(c2nnc(-c3ccccn3)s2)CC1. The molecular weight excluding hydrogens is 308 g/mol. The summed E-state index contributed by atoms with van der Waals surface area (Å²) in [5, 5.41) is 14.8. The van der Waals surface area contributed by atoms with E-state index in [1.165, 1.54) is 5.69 Å². The number of rotatable bonds is 3. The van der Waals surface area contributed by atoms with Crippen molar-refractivity contribution in [2.45, 2.75) is 18.8 Å². The fourth-order valence-corrected chi connectivity index (χ4v) is 3.96. The first-order chi connectivity index (χ1) is 11.3. The third kappa shape index (κ3) is 2.84. The quantitative estimate of drug-likeness (QED) is 0.740. The number of piperidine rings is 1. The number of nitrogens with zero attached hydrogens (tertiary/aromatic N) is 6. The molecular formula is C16H18N6S. The zero-order chi connectivity index (χ0) is 15.6. The van der Waals surface area contributed by atoms with Crippen LogP contribution in [0, 0.1) is 0 Å². The smallest absolute Gasteiger partial charge is 0.208 e. The summed E-state index contributed by atoms with van der Waals surface area (Å²) >= 11 is 1.62. The fraction of sp³-hybridized carbons (Fsp3) is 0.375. The van der Waals surface area contributed by atoms with Gasteiger partial charge in [0.2, 0.25) is 5.13 Å². The largest absolute Gasteiger partial charge is 0.347 e. The van der Waals surface area contributed by atoms with Crippen molar-refractivity contribution in [1.82, 2.24) is 25.0 Å². The molecule has 3 aromatic heterocycles. The van der Waals surface area contributed by atoms with Gasteiger partial charge in [0.25, 0.3) is 0 Å². The lowest BCUT2D eigenvalue weighted by Gasteiger charge is -2.31. The Labute approximate surface area is 138 Å². The van der Waals surface area contributed by atoms with Crippen molar-refractivity contribution < 1.29 is 0 Å². The number of anilines is 1. The maximum absolute atomic E-state index is 4.36.